The van der Waals surface area contributed by atoms with Gasteiger partial charge in [-0.25, -0.2) is 8.42 Å². The topological polar surface area (TPSA) is 119 Å². The third kappa shape index (κ3) is 7.40. The lowest BCUT2D eigenvalue weighted by Gasteiger charge is -2.42. The molecule has 12 heteroatoms. The lowest BCUT2D eigenvalue weighted by molar-refractivity contribution is -0.118. The van der Waals surface area contributed by atoms with Gasteiger partial charge in [-0.3, -0.25) is 23.9 Å². The van der Waals surface area contributed by atoms with Crippen molar-refractivity contribution in [2.24, 2.45) is 0 Å². The number of allylic oxidation sites excluding steroid dienone is 1. The molecule has 0 spiro atoms. The molecule has 0 bridgehead atoms. The van der Waals surface area contributed by atoms with Gasteiger partial charge in [-0.2, -0.15) is 5.10 Å². The number of carbonyl (C=O) groups excluding carboxylic acids is 2. The summed E-state index contributed by atoms with van der Waals surface area (Å²) in [5.74, 6) is 0.646. The van der Waals surface area contributed by atoms with Gasteiger partial charge in [0.15, 0.2) is 0 Å². The Hall–Kier alpha value is -4.42. The van der Waals surface area contributed by atoms with E-state index in [0.29, 0.717) is 31.1 Å². The SMILES string of the molecule is COc1ccc2c(c1)C=C(c1c(C(=O)N3C[C@@H](C)N(C)[C@@H](C)C3)c(C(C)C)nn1C1CC1)Cn1c-2c(C2CCCCC2)c2ccc(CC(=O)NS(=O)(=O)C(C)C)cc21. The van der Waals surface area contributed by atoms with Crippen molar-refractivity contribution < 1.29 is 22.7 Å². The van der Waals surface area contributed by atoms with Crippen LogP contribution < -0.4 is 9.46 Å². The molecule has 4 heterocycles. The molecule has 2 aliphatic heterocycles. The van der Waals surface area contributed by atoms with E-state index in [4.69, 9.17) is 9.84 Å². The molecule has 58 heavy (non-hydrogen) atoms. The molecule has 2 aromatic carbocycles. The van der Waals surface area contributed by atoms with Gasteiger partial charge in [-0.05, 0) is 125 Å². The molecule has 3 fully saturated rings. The van der Waals surface area contributed by atoms with Gasteiger partial charge in [0.25, 0.3) is 5.91 Å². The van der Waals surface area contributed by atoms with Gasteiger partial charge in [0.1, 0.15) is 5.75 Å². The van der Waals surface area contributed by atoms with Crippen molar-refractivity contribution in [3.05, 3.63) is 70.0 Å². The number of nitrogens with one attached hydrogen (secondary N) is 1. The van der Waals surface area contributed by atoms with Gasteiger partial charge in [-0.1, -0.05) is 45.2 Å². The maximum atomic E-state index is 15.2. The zero-order valence-electron chi connectivity index (χ0n) is 35.5. The van der Waals surface area contributed by atoms with Crippen molar-refractivity contribution in [3.8, 4) is 17.0 Å². The molecule has 2 saturated carbocycles. The first kappa shape index (κ1) is 40.4. The number of ether oxygens (including phenoxy) is 1. The summed E-state index contributed by atoms with van der Waals surface area (Å²) < 4.78 is 38.0. The highest BCUT2D eigenvalue weighted by molar-refractivity contribution is 7.90. The Morgan fingerprint density at radius 2 is 1.64 bits per heavy atom. The Balaban J connectivity index is 1.35. The second-order valence-electron chi connectivity index (χ2n) is 18.0. The molecule has 8 rings (SSSR count). The van der Waals surface area contributed by atoms with Gasteiger partial charge in [0.2, 0.25) is 15.9 Å². The summed E-state index contributed by atoms with van der Waals surface area (Å²) in [6.07, 6.45) is 10.0. The van der Waals surface area contributed by atoms with E-state index in [1.54, 1.807) is 21.0 Å². The van der Waals surface area contributed by atoms with Crippen LogP contribution >= 0.6 is 0 Å². The number of fused-ring (bicyclic) bond motifs is 5. The first-order chi connectivity index (χ1) is 27.7. The standard InChI is InChI=1S/C46H60N6O5S/c1-27(2)43-42(46(54)50-24-29(5)49(7)30(6)25-50)44(52(47-43)35-15-16-35)34-22-33-23-36(57-8)17-19-37(33)45-41(32-12-10-9-11-13-32)38-18-14-31(20-39(38)51(45)26-34)21-40(53)48-58(55,56)28(3)4/h14,17-20,22-23,27-30,32,35H,9-13,15-16,21,24-26H2,1-8H3,(H,48,53)/t29-,30+. The van der Waals surface area contributed by atoms with Gasteiger partial charge >= 0.3 is 0 Å². The first-order valence-electron chi connectivity index (χ1n) is 21.4. The van der Waals surface area contributed by atoms with E-state index in [0.717, 1.165) is 81.7 Å². The van der Waals surface area contributed by atoms with Crippen LogP contribution in [0.15, 0.2) is 36.4 Å². The van der Waals surface area contributed by atoms with Crippen molar-refractivity contribution in [1.82, 2.24) is 28.9 Å². The summed E-state index contributed by atoms with van der Waals surface area (Å²) in [4.78, 5) is 32.8. The molecule has 2 amide bonds. The number of piperazine rings is 1. The Labute approximate surface area is 343 Å². The second kappa shape index (κ2) is 15.6. The van der Waals surface area contributed by atoms with Crippen molar-refractivity contribution in [1.29, 1.82) is 0 Å². The molecule has 4 aliphatic rings. The molecule has 0 unspecified atom stereocenters. The molecule has 2 aromatic heterocycles. The normalized spacial score (nSPS) is 20.6. The molecular weight excluding hydrogens is 749 g/mol. The number of methoxy groups -OCH3 is 1. The number of benzene rings is 2. The minimum Gasteiger partial charge on any atom is -0.497 e. The Morgan fingerprint density at radius 1 is 0.931 bits per heavy atom. The number of carbonyl (C=O) groups is 2. The van der Waals surface area contributed by atoms with E-state index in [2.05, 4.69) is 84.0 Å². The maximum Gasteiger partial charge on any atom is 0.258 e. The summed E-state index contributed by atoms with van der Waals surface area (Å²) >= 11 is 0. The highest BCUT2D eigenvalue weighted by atomic mass is 32.2. The molecule has 2 aliphatic carbocycles. The smallest absolute Gasteiger partial charge is 0.258 e. The van der Waals surface area contributed by atoms with Crippen LogP contribution in [0.25, 0.3) is 33.8 Å². The molecule has 1 saturated heterocycles. The largest absolute Gasteiger partial charge is 0.497 e. The highest BCUT2D eigenvalue weighted by Crippen LogP contribution is 2.49. The predicted molar refractivity (Wildman–Crippen MR) is 231 cm³/mol. The summed E-state index contributed by atoms with van der Waals surface area (Å²) in [6.45, 7) is 13.6. The van der Waals surface area contributed by atoms with Crippen LogP contribution in [-0.2, 0) is 27.8 Å². The monoisotopic (exact) mass is 808 g/mol. The molecule has 0 radical (unpaired) electrons. The minimum atomic E-state index is -3.77. The van der Waals surface area contributed by atoms with Crippen LogP contribution in [0.4, 0.5) is 0 Å². The molecular formula is C46H60N6O5S. The molecule has 1 N–H and O–H groups in total. The summed E-state index contributed by atoms with van der Waals surface area (Å²) in [6, 6.07) is 13.2. The zero-order chi connectivity index (χ0) is 41.2. The number of sulfonamides is 1. The van der Waals surface area contributed by atoms with Crippen LogP contribution in [-0.4, -0.2) is 89.0 Å². The number of nitrogens with zero attached hydrogens (tertiary/aromatic N) is 5. The summed E-state index contributed by atoms with van der Waals surface area (Å²) in [5, 5.41) is 5.74. The quantitative estimate of drug-likeness (QED) is 0.172. The fourth-order valence-corrected chi connectivity index (χ4v) is 10.2. The van der Waals surface area contributed by atoms with Gasteiger partial charge in [0, 0.05) is 41.6 Å². The van der Waals surface area contributed by atoms with E-state index < -0.39 is 21.2 Å². The zero-order valence-corrected chi connectivity index (χ0v) is 36.3. The number of rotatable bonds is 10. The molecule has 4 aromatic rings. The van der Waals surface area contributed by atoms with E-state index in [1.807, 2.05) is 17.0 Å². The number of aromatic nitrogens is 3. The van der Waals surface area contributed by atoms with E-state index in [1.165, 1.54) is 24.8 Å². The molecule has 11 nitrogen and oxygen atoms in total. The Morgan fingerprint density at radius 3 is 2.28 bits per heavy atom. The Kier molecular flexibility index (Phi) is 10.9. The van der Waals surface area contributed by atoms with Crippen LogP contribution in [0.2, 0.25) is 0 Å². The fourth-order valence-electron chi connectivity index (χ4n) is 9.53. The van der Waals surface area contributed by atoms with Crippen molar-refractivity contribution in [2.75, 3.05) is 27.2 Å². The average Bonchev–Trinajstić information content (AvgIpc) is 3.92. The molecule has 310 valence electrons. The van der Waals surface area contributed by atoms with Crippen LogP contribution in [0.3, 0.4) is 0 Å². The summed E-state index contributed by atoms with van der Waals surface area (Å²) in [5.41, 5.74) is 9.80. The summed E-state index contributed by atoms with van der Waals surface area (Å²) in [7, 11) is 0.0685. The number of likely N-dealkylation sites (N-methyl/N-ethyl adjacent to an activating group) is 1. The van der Waals surface area contributed by atoms with Crippen LogP contribution in [0, 0.1) is 0 Å². The van der Waals surface area contributed by atoms with E-state index >= 15 is 4.79 Å². The lowest BCUT2D eigenvalue weighted by Crippen LogP contribution is -2.56. The van der Waals surface area contributed by atoms with Crippen molar-refractivity contribution in [2.45, 2.75) is 135 Å². The van der Waals surface area contributed by atoms with Gasteiger partial charge in [0.05, 0.1) is 54.0 Å². The average molecular weight is 809 g/mol. The predicted octanol–water partition coefficient (Wildman–Crippen LogP) is 8.14. The third-order valence-corrected chi connectivity index (χ3v) is 14.9. The Bertz CT molecular complexity index is 2390. The van der Waals surface area contributed by atoms with Crippen molar-refractivity contribution >= 4 is 44.4 Å². The maximum absolute atomic E-state index is 15.2. The van der Waals surface area contributed by atoms with Gasteiger partial charge < -0.3 is 14.2 Å². The first-order valence-corrected chi connectivity index (χ1v) is 22.9. The van der Waals surface area contributed by atoms with E-state index in [-0.39, 0.29) is 36.4 Å². The molecule has 2 atom stereocenters. The number of amides is 2. The van der Waals surface area contributed by atoms with Gasteiger partial charge in [-0.15, -0.1) is 0 Å². The third-order valence-electron chi connectivity index (χ3n) is 13.1. The second-order valence-corrected chi connectivity index (χ2v) is 20.2. The van der Waals surface area contributed by atoms with Crippen molar-refractivity contribution in [3.63, 3.8) is 0 Å². The van der Waals surface area contributed by atoms with Crippen LogP contribution in [0.1, 0.15) is 143 Å². The lowest BCUT2D eigenvalue weighted by atomic mass is 9.81. The number of hydrogen-bond donors (Lipinski definition) is 1. The van der Waals surface area contributed by atoms with E-state index in [9.17, 15) is 13.2 Å². The number of hydrogen-bond acceptors (Lipinski definition) is 7. The minimum absolute atomic E-state index is 0.0351. The fraction of sp³-hybridized carbons (Fsp3) is 0.543. The van der Waals surface area contributed by atoms with Crippen LogP contribution in [0.5, 0.6) is 5.75 Å². The highest BCUT2D eigenvalue weighted by Gasteiger charge is 2.39.